The molecule has 0 saturated heterocycles. The number of nitrogens with zero attached hydrogens (tertiary/aromatic N) is 3. The second-order valence-electron chi connectivity index (χ2n) is 13.7. The predicted octanol–water partition coefficient (Wildman–Crippen LogP) is 5.42. The molecule has 0 aromatic heterocycles. The summed E-state index contributed by atoms with van der Waals surface area (Å²) in [6.45, 7) is 11.2. The number of amides is 5. The summed E-state index contributed by atoms with van der Waals surface area (Å²) < 4.78 is 16.0. The van der Waals surface area contributed by atoms with Gasteiger partial charge in [-0.25, -0.2) is 14.5 Å². The Morgan fingerprint density at radius 3 is 1.87 bits per heavy atom. The molecule has 0 unspecified atom stereocenters. The zero-order valence-corrected chi connectivity index (χ0v) is 31.5. The van der Waals surface area contributed by atoms with Gasteiger partial charge in [0.1, 0.15) is 11.2 Å². The first-order chi connectivity index (χ1) is 24.5. The Labute approximate surface area is 312 Å². The van der Waals surface area contributed by atoms with Crippen molar-refractivity contribution in [3.63, 3.8) is 0 Å². The van der Waals surface area contributed by atoms with E-state index < -0.39 is 72.1 Å². The minimum atomic E-state index is -1.98. The molecule has 2 aromatic rings. The summed E-state index contributed by atoms with van der Waals surface area (Å²) in [5.74, 6) is -6.68. The van der Waals surface area contributed by atoms with E-state index in [2.05, 4.69) is 10.6 Å². The second-order valence-corrected chi connectivity index (χ2v) is 14.0. The molecule has 5 amide bonds. The Bertz CT molecular complexity index is 1720. The van der Waals surface area contributed by atoms with Crippen LogP contribution >= 0.6 is 11.6 Å². The van der Waals surface area contributed by atoms with Crippen LogP contribution in [0, 0.1) is 17.2 Å². The van der Waals surface area contributed by atoms with E-state index in [1.807, 2.05) is 6.07 Å². The van der Waals surface area contributed by atoms with Gasteiger partial charge in [-0.1, -0.05) is 0 Å². The lowest BCUT2D eigenvalue weighted by Crippen LogP contribution is -2.48. The molecular weight excluding hydrogens is 714 g/mol. The minimum absolute atomic E-state index is 0.0109. The fourth-order valence-corrected chi connectivity index (χ4v) is 4.89. The maximum absolute atomic E-state index is 14.0. The first kappa shape index (κ1) is 43.5. The van der Waals surface area contributed by atoms with Crippen molar-refractivity contribution in [2.75, 3.05) is 28.0 Å². The molecule has 0 aliphatic heterocycles. The van der Waals surface area contributed by atoms with Crippen LogP contribution in [-0.2, 0) is 44.7 Å². The second kappa shape index (κ2) is 18.7. The number of alkyl halides is 1. The standard InChI is InChI=1S/C36H44ClN5O11/c1-21(43)39-25-11-13-27(14-12-25)41(16-15-37)32(48)28(18-29(45)46)30(51-22(2)44)31(47)40-26-10-9-23(19-38)24(17-26)20-42(33(49)52-35(3,4)5)34(50)53-36(6,7)8/h9-14,17,28,30H,15-16,18,20H2,1-8H3,(H,39,43)(H,40,47)(H,45,46)/t28-,30-/m1/s1. The maximum atomic E-state index is 14.0. The van der Waals surface area contributed by atoms with Gasteiger partial charge in [0.15, 0.2) is 6.10 Å². The monoisotopic (exact) mass is 757 g/mol. The molecule has 3 N–H and O–H groups in total. The van der Waals surface area contributed by atoms with Crippen LogP contribution in [0.5, 0.6) is 0 Å². The minimum Gasteiger partial charge on any atom is -0.481 e. The van der Waals surface area contributed by atoms with Crippen molar-refractivity contribution < 1.29 is 52.9 Å². The SMILES string of the molecule is CC(=O)Nc1ccc(N(CCCl)C(=O)[C@H](CC(=O)O)[C@@H](OC(C)=O)C(=O)Nc2ccc(C#N)c(CN(C(=O)OC(C)(C)C)C(=O)OC(C)(C)C)c2)cc1. The third-order valence-corrected chi connectivity index (χ3v) is 6.92. The van der Waals surface area contributed by atoms with E-state index in [1.54, 1.807) is 41.5 Å². The van der Waals surface area contributed by atoms with Gasteiger partial charge < -0.3 is 34.9 Å². The fourth-order valence-electron chi connectivity index (χ4n) is 4.72. The Balaban J connectivity index is 2.56. The summed E-state index contributed by atoms with van der Waals surface area (Å²) in [4.78, 5) is 91.6. The normalized spacial score (nSPS) is 12.2. The number of aliphatic carboxylic acids is 1. The lowest BCUT2D eigenvalue weighted by Gasteiger charge is -2.30. The van der Waals surface area contributed by atoms with Crippen LogP contribution in [0.3, 0.4) is 0 Å². The van der Waals surface area contributed by atoms with Gasteiger partial charge in [0.2, 0.25) is 11.8 Å². The van der Waals surface area contributed by atoms with Crippen LogP contribution in [0.1, 0.15) is 72.9 Å². The van der Waals surface area contributed by atoms with Crippen molar-refractivity contribution in [1.29, 1.82) is 5.26 Å². The first-order valence-electron chi connectivity index (χ1n) is 16.3. The van der Waals surface area contributed by atoms with E-state index >= 15 is 0 Å². The largest absolute Gasteiger partial charge is 0.481 e. The van der Waals surface area contributed by atoms with Gasteiger partial charge in [0.25, 0.3) is 5.91 Å². The zero-order chi connectivity index (χ0) is 40.3. The average Bonchev–Trinajstić information content (AvgIpc) is 3.02. The number of hydrogen-bond acceptors (Lipinski definition) is 11. The van der Waals surface area contributed by atoms with Gasteiger partial charge in [0.05, 0.1) is 30.5 Å². The van der Waals surface area contributed by atoms with Crippen LogP contribution in [0.4, 0.5) is 26.7 Å². The highest BCUT2D eigenvalue weighted by Crippen LogP contribution is 2.27. The quantitative estimate of drug-likeness (QED) is 0.132. The molecule has 0 heterocycles. The van der Waals surface area contributed by atoms with Gasteiger partial charge >= 0.3 is 24.1 Å². The molecule has 53 heavy (non-hydrogen) atoms. The first-order valence-corrected chi connectivity index (χ1v) is 16.8. The molecule has 0 saturated carbocycles. The Morgan fingerprint density at radius 1 is 0.868 bits per heavy atom. The molecule has 0 aliphatic carbocycles. The van der Waals surface area contributed by atoms with Gasteiger partial charge in [-0.2, -0.15) is 5.26 Å². The number of hydrogen-bond donors (Lipinski definition) is 3. The summed E-state index contributed by atoms with van der Waals surface area (Å²) in [6, 6.07) is 11.8. The molecule has 0 aliphatic rings. The van der Waals surface area contributed by atoms with Crippen molar-refractivity contribution in [2.24, 2.45) is 5.92 Å². The number of halogens is 1. The molecule has 17 heteroatoms. The number of carbonyl (C=O) groups excluding carboxylic acids is 6. The van der Waals surface area contributed by atoms with Crippen molar-refractivity contribution in [2.45, 2.75) is 85.7 Å². The number of anilines is 3. The van der Waals surface area contributed by atoms with Crippen LogP contribution in [0.25, 0.3) is 0 Å². The zero-order valence-electron chi connectivity index (χ0n) is 30.8. The third kappa shape index (κ3) is 14.1. The van der Waals surface area contributed by atoms with Gasteiger partial charge in [-0.3, -0.25) is 24.0 Å². The lowest BCUT2D eigenvalue weighted by molar-refractivity contribution is -0.160. The molecule has 2 atom stereocenters. The molecule has 2 rings (SSSR count). The van der Waals surface area contributed by atoms with E-state index in [0.717, 1.165) is 11.8 Å². The molecule has 286 valence electrons. The van der Waals surface area contributed by atoms with E-state index in [-0.39, 0.29) is 40.8 Å². The summed E-state index contributed by atoms with van der Waals surface area (Å²) in [6.07, 6.45) is -5.05. The lowest BCUT2D eigenvalue weighted by atomic mass is 9.95. The third-order valence-electron chi connectivity index (χ3n) is 6.75. The van der Waals surface area contributed by atoms with E-state index in [9.17, 15) is 43.9 Å². The predicted molar refractivity (Wildman–Crippen MR) is 193 cm³/mol. The number of carbonyl (C=O) groups is 7. The molecular formula is C36H44ClN5O11. The summed E-state index contributed by atoms with van der Waals surface area (Å²) >= 11 is 6.00. The topological polar surface area (TPSA) is 222 Å². The van der Waals surface area contributed by atoms with Crippen LogP contribution < -0.4 is 15.5 Å². The highest BCUT2D eigenvalue weighted by atomic mass is 35.5. The van der Waals surface area contributed by atoms with Gasteiger partial charge in [-0.05, 0) is 89.6 Å². The van der Waals surface area contributed by atoms with Crippen molar-refractivity contribution in [3.8, 4) is 6.07 Å². The number of esters is 1. The molecule has 0 spiro atoms. The highest BCUT2D eigenvalue weighted by molar-refractivity contribution is 6.18. The van der Waals surface area contributed by atoms with E-state index in [1.165, 1.54) is 49.4 Å². The number of carboxylic acid groups (broad SMARTS) is 1. The Morgan fingerprint density at radius 2 is 1.42 bits per heavy atom. The average molecular weight is 758 g/mol. The molecule has 2 aromatic carbocycles. The highest BCUT2D eigenvalue weighted by Gasteiger charge is 2.41. The van der Waals surface area contributed by atoms with Crippen LogP contribution in [0.2, 0.25) is 0 Å². The number of carboxylic acids is 1. The summed E-state index contributed by atoms with van der Waals surface area (Å²) in [7, 11) is 0. The number of nitrogens with one attached hydrogen (secondary N) is 2. The molecule has 0 radical (unpaired) electrons. The van der Waals surface area contributed by atoms with E-state index in [4.69, 9.17) is 25.8 Å². The van der Waals surface area contributed by atoms with Crippen molar-refractivity contribution >= 4 is 70.5 Å². The Hall–Kier alpha value is -5.69. The van der Waals surface area contributed by atoms with Crippen molar-refractivity contribution in [1.82, 2.24) is 4.90 Å². The number of benzene rings is 2. The molecule has 16 nitrogen and oxygen atoms in total. The smallest absolute Gasteiger partial charge is 0.420 e. The number of imide groups is 1. The summed E-state index contributed by atoms with van der Waals surface area (Å²) in [5, 5.41) is 24.7. The van der Waals surface area contributed by atoms with Gasteiger partial charge in [-0.15, -0.1) is 11.6 Å². The molecule has 0 fully saturated rings. The number of nitriles is 1. The van der Waals surface area contributed by atoms with Crippen molar-refractivity contribution in [3.05, 3.63) is 53.6 Å². The van der Waals surface area contributed by atoms with Gasteiger partial charge in [0, 0.05) is 43.3 Å². The number of rotatable bonds is 13. The summed E-state index contributed by atoms with van der Waals surface area (Å²) in [5.41, 5.74) is -1.29. The fraction of sp³-hybridized carbons (Fsp3) is 0.444. The maximum Gasteiger partial charge on any atom is 0.420 e. The van der Waals surface area contributed by atoms with Crippen LogP contribution in [-0.4, -0.2) is 81.6 Å². The van der Waals surface area contributed by atoms with E-state index in [0.29, 0.717) is 10.6 Å². The Kier molecular flexibility index (Phi) is 15.3. The molecule has 0 bridgehead atoms. The number of ether oxygens (including phenoxy) is 3. The van der Waals surface area contributed by atoms with Crippen LogP contribution in [0.15, 0.2) is 42.5 Å².